The minimum atomic E-state index is -5.19. The van der Waals surface area contributed by atoms with E-state index in [2.05, 4.69) is 0 Å². The normalized spacial score (nSPS) is 25.1. The number of likely N-dealkylation sites (N-methyl/N-ethyl adjacent to an activating group) is 1. The van der Waals surface area contributed by atoms with Gasteiger partial charge in [-0.3, -0.25) is 19.3 Å². The van der Waals surface area contributed by atoms with Gasteiger partial charge in [0.2, 0.25) is 5.78 Å². The number of alkyl halides is 6. The molecule has 0 aliphatic heterocycles. The molecule has 3 aliphatic carbocycles. The van der Waals surface area contributed by atoms with Crippen LogP contribution in [0.1, 0.15) is 39.0 Å². The van der Waals surface area contributed by atoms with Gasteiger partial charge >= 0.3 is 12.4 Å². The Balaban J connectivity index is 1.79. The van der Waals surface area contributed by atoms with Gasteiger partial charge in [-0.05, 0) is 73.8 Å². The van der Waals surface area contributed by atoms with Crippen molar-refractivity contribution in [1.82, 2.24) is 4.90 Å². The number of hydrogen-bond acceptors (Lipinski definition) is 9. The number of amides is 1. The Morgan fingerprint density at radius 1 is 1.00 bits per heavy atom. The lowest BCUT2D eigenvalue weighted by atomic mass is 9.58. The molecule has 3 aliphatic rings. The first-order valence-electron chi connectivity index (χ1n) is 13.7. The van der Waals surface area contributed by atoms with Crippen molar-refractivity contribution < 1.29 is 61.2 Å². The molecule has 4 atom stereocenters. The zero-order valence-corrected chi connectivity index (χ0v) is 24.0. The molecule has 8 N–H and O–H groups in total. The lowest BCUT2D eigenvalue weighted by Gasteiger charge is -2.50. The summed E-state index contributed by atoms with van der Waals surface area (Å²) in [4.78, 5) is 40.9. The quantitative estimate of drug-likeness (QED) is 0.212. The summed E-state index contributed by atoms with van der Waals surface area (Å²) in [7, 11) is 2.84. The number of nitrogens with zero attached hydrogens (tertiary/aromatic N) is 1. The van der Waals surface area contributed by atoms with Crippen molar-refractivity contribution in [2.45, 2.75) is 43.4 Å². The minimum absolute atomic E-state index is 0.0615. The number of aromatic hydroxyl groups is 1. The summed E-state index contributed by atoms with van der Waals surface area (Å²) in [5.74, 6) is -9.37. The molecule has 1 amide bonds. The molecule has 0 fully saturated rings. The molecule has 10 nitrogen and oxygen atoms in total. The highest BCUT2D eigenvalue weighted by Gasteiger charge is 2.63. The predicted molar refractivity (Wildman–Crippen MR) is 147 cm³/mol. The molecule has 0 unspecified atom stereocenters. The summed E-state index contributed by atoms with van der Waals surface area (Å²) in [5.41, 5.74) is 1.36. The van der Waals surface area contributed by atoms with Gasteiger partial charge in [0.15, 0.2) is 11.4 Å². The first-order valence-corrected chi connectivity index (χ1v) is 13.7. The van der Waals surface area contributed by atoms with Crippen molar-refractivity contribution in [3.8, 4) is 16.9 Å². The number of aliphatic hydroxyl groups excluding tert-OH is 2. The van der Waals surface area contributed by atoms with Crippen LogP contribution in [0.4, 0.5) is 26.3 Å². The first kappa shape index (κ1) is 33.0. The van der Waals surface area contributed by atoms with Gasteiger partial charge in [0.05, 0.1) is 22.7 Å². The van der Waals surface area contributed by atoms with Crippen LogP contribution >= 0.6 is 0 Å². The van der Waals surface area contributed by atoms with Gasteiger partial charge in [0, 0.05) is 23.6 Å². The maximum atomic E-state index is 14.0. The van der Waals surface area contributed by atoms with Crippen molar-refractivity contribution in [2.24, 2.45) is 23.3 Å². The predicted octanol–water partition coefficient (Wildman–Crippen LogP) is 3.28. The minimum Gasteiger partial charge on any atom is -0.510 e. The maximum absolute atomic E-state index is 14.0. The molecule has 0 bridgehead atoms. The van der Waals surface area contributed by atoms with Crippen molar-refractivity contribution in [3.05, 3.63) is 74.7 Å². The summed E-state index contributed by atoms with van der Waals surface area (Å²) >= 11 is 0. The zero-order chi connectivity index (χ0) is 34.4. The number of hydrogen-bond donors (Lipinski definition) is 6. The number of primary amides is 1. The van der Waals surface area contributed by atoms with E-state index in [1.54, 1.807) is 0 Å². The van der Waals surface area contributed by atoms with Crippen LogP contribution in [0, 0.1) is 11.8 Å². The number of carbonyl (C=O) groups excluding carboxylic acids is 3. The Kier molecular flexibility index (Phi) is 7.57. The van der Waals surface area contributed by atoms with Crippen LogP contribution in [0.3, 0.4) is 0 Å². The molecule has 2 aromatic rings. The van der Waals surface area contributed by atoms with E-state index in [0.717, 1.165) is 6.07 Å². The highest BCUT2D eigenvalue weighted by molar-refractivity contribution is 6.25. The van der Waals surface area contributed by atoms with Crippen LogP contribution in [0.5, 0.6) is 5.75 Å². The molecule has 0 saturated heterocycles. The summed E-state index contributed by atoms with van der Waals surface area (Å²) in [6.07, 6.45) is -11.1. The fourth-order valence-corrected chi connectivity index (χ4v) is 6.90. The van der Waals surface area contributed by atoms with Crippen molar-refractivity contribution in [3.63, 3.8) is 0 Å². The molecule has 0 heterocycles. The van der Waals surface area contributed by atoms with Crippen LogP contribution in [0.15, 0.2) is 46.9 Å². The number of aliphatic hydroxyl groups is 3. The van der Waals surface area contributed by atoms with Crippen LogP contribution in [0.25, 0.3) is 11.1 Å². The Hall–Kier alpha value is -4.41. The second-order valence-corrected chi connectivity index (χ2v) is 11.7. The van der Waals surface area contributed by atoms with Crippen LogP contribution in [0.2, 0.25) is 0 Å². The Morgan fingerprint density at radius 3 is 2.04 bits per heavy atom. The molecule has 0 saturated carbocycles. The van der Waals surface area contributed by atoms with E-state index in [1.165, 1.54) is 19.0 Å². The number of allylic oxidation sites excluding steroid dienone is 1. The molecular weight excluding hydrogens is 628 g/mol. The average molecular weight is 656 g/mol. The Morgan fingerprint density at radius 2 is 1.57 bits per heavy atom. The number of benzene rings is 2. The number of fused-ring (bicyclic) bond motifs is 3. The van der Waals surface area contributed by atoms with Gasteiger partial charge in [0.1, 0.15) is 22.8 Å². The number of rotatable bonds is 4. The number of phenols is 1. The molecule has 5 rings (SSSR count). The molecule has 0 spiro atoms. The van der Waals surface area contributed by atoms with E-state index in [0.29, 0.717) is 12.1 Å². The molecule has 0 aromatic heterocycles. The van der Waals surface area contributed by atoms with E-state index >= 15 is 0 Å². The Bertz CT molecular complexity index is 1750. The summed E-state index contributed by atoms with van der Waals surface area (Å²) < 4.78 is 82.4. The highest BCUT2D eigenvalue weighted by Crippen LogP contribution is 2.54. The average Bonchev–Trinajstić information content (AvgIpc) is 2.93. The fourth-order valence-electron chi connectivity index (χ4n) is 6.90. The molecular formula is C30H27F6N3O7. The van der Waals surface area contributed by atoms with Gasteiger partial charge in [0.25, 0.3) is 5.91 Å². The third-order valence-electron chi connectivity index (χ3n) is 8.92. The lowest BCUT2D eigenvalue weighted by Crippen LogP contribution is -2.63. The number of Topliss-reactive ketones (excluding diaryl/α,β-unsaturated/α-hetero) is 2. The van der Waals surface area contributed by atoms with E-state index < -0.39 is 111 Å². The van der Waals surface area contributed by atoms with Crippen LogP contribution < -0.4 is 11.5 Å². The summed E-state index contributed by atoms with van der Waals surface area (Å²) in [6, 6.07) is 0.631. The van der Waals surface area contributed by atoms with Crippen molar-refractivity contribution in [2.75, 3.05) is 14.1 Å². The van der Waals surface area contributed by atoms with E-state index in [-0.39, 0.29) is 35.6 Å². The maximum Gasteiger partial charge on any atom is 0.416 e. The number of ketones is 2. The number of halogens is 6. The highest BCUT2D eigenvalue weighted by atomic mass is 19.4. The van der Waals surface area contributed by atoms with E-state index in [4.69, 9.17) is 11.5 Å². The second-order valence-electron chi connectivity index (χ2n) is 11.7. The van der Waals surface area contributed by atoms with Gasteiger partial charge in [-0.2, -0.15) is 26.3 Å². The monoisotopic (exact) mass is 655 g/mol. The number of nitrogens with two attached hydrogens (primary N) is 2. The third kappa shape index (κ3) is 4.73. The Labute approximate surface area is 256 Å². The SMILES string of the molecule is CN(C)[C@@H]1C(O)=C(C(N)=O)C(=O)[C@@]2(O)C(O)=C3C(=O)c4c(O)c(CN)cc(-c5cc(C(F)(F)F)cc(C(F)(F)F)c5)c4C[C@H]3C[C@@H]12. The topological polar surface area (TPSA) is 187 Å². The standard InChI is InChI=1S/C30H27F6N3O7/c1-39(2)21-17-7-11-5-16-15(10-3-13(29(31,32)33)8-14(4-10)30(34,35)36)6-12(9-37)22(40)19(16)23(41)18(11)25(43)28(17,46)26(44)20(24(21)42)27(38)45/h3-4,6,8,11,17,21,40,42-43,46H,5,7,9,37H2,1-2H3,(H2,38,45)/t11-,17-,21-,28-/m0/s1. The number of carbonyl (C=O) groups is 3. The summed E-state index contributed by atoms with van der Waals surface area (Å²) in [6.45, 7) is -0.514. The lowest BCUT2D eigenvalue weighted by molar-refractivity contribution is -0.148. The van der Waals surface area contributed by atoms with Crippen LogP contribution in [-0.2, 0) is 34.9 Å². The van der Waals surface area contributed by atoms with Crippen molar-refractivity contribution in [1.29, 1.82) is 0 Å². The number of phenolic OH excluding ortho intramolecular Hbond substituents is 1. The van der Waals surface area contributed by atoms with Crippen molar-refractivity contribution >= 4 is 17.5 Å². The first-order chi connectivity index (χ1) is 21.2. The van der Waals surface area contributed by atoms with Gasteiger partial charge in [-0.25, -0.2) is 0 Å². The molecule has 0 radical (unpaired) electrons. The molecule has 246 valence electrons. The van der Waals surface area contributed by atoms with Gasteiger partial charge in [-0.1, -0.05) is 0 Å². The van der Waals surface area contributed by atoms with E-state index in [9.17, 15) is 61.2 Å². The van der Waals surface area contributed by atoms with Gasteiger partial charge in [-0.15, -0.1) is 0 Å². The van der Waals surface area contributed by atoms with Crippen LogP contribution in [-0.4, -0.2) is 68.5 Å². The van der Waals surface area contributed by atoms with E-state index in [1.807, 2.05) is 0 Å². The fraction of sp³-hybridized carbons (Fsp3) is 0.367. The molecule has 2 aromatic carbocycles. The second kappa shape index (κ2) is 10.6. The third-order valence-corrected chi connectivity index (χ3v) is 8.92. The van der Waals surface area contributed by atoms with Gasteiger partial charge < -0.3 is 31.9 Å². The molecule has 16 heteroatoms. The smallest absolute Gasteiger partial charge is 0.416 e. The molecule has 46 heavy (non-hydrogen) atoms. The largest absolute Gasteiger partial charge is 0.510 e. The zero-order valence-electron chi connectivity index (χ0n) is 24.0. The summed E-state index contributed by atoms with van der Waals surface area (Å²) in [5, 5.41) is 45.0.